The van der Waals surface area contributed by atoms with Crippen molar-refractivity contribution in [3.8, 4) is 0 Å². The number of nitrogen functional groups attached to an aromatic ring is 1. The van der Waals surface area contributed by atoms with Gasteiger partial charge in [0.25, 0.3) is 5.69 Å². The lowest BCUT2D eigenvalue weighted by Gasteiger charge is -2.27. The average molecular weight is 313 g/mol. The fourth-order valence-electron chi connectivity index (χ4n) is 2.69. The summed E-state index contributed by atoms with van der Waals surface area (Å²) in [5.41, 5.74) is 5.10. The molecule has 21 heavy (non-hydrogen) atoms. The molecule has 7 nitrogen and oxygen atoms in total. The minimum atomic E-state index is -3.70. The Balaban J connectivity index is 2.19. The van der Waals surface area contributed by atoms with Crippen LogP contribution < -0.4 is 10.5 Å². The van der Waals surface area contributed by atoms with Crippen molar-refractivity contribution in [1.82, 2.24) is 4.72 Å². The predicted octanol–water partition coefficient (Wildman–Crippen LogP) is 2.03. The van der Waals surface area contributed by atoms with Crippen LogP contribution in [0.25, 0.3) is 0 Å². The Hall–Kier alpha value is -1.67. The van der Waals surface area contributed by atoms with Gasteiger partial charge in [-0.3, -0.25) is 10.1 Å². The second-order valence-electron chi connectivity index (χ2n) is 5.57. The van der Waals surface area contributed by atoms with E-state index >= 15 is 0 Å². The fraction of sp³-hybridized carbons (Fsp3) is 0.538. The Morgan fingerprint density at radius 3 is 2.67 bits per heavy atom. The lowest BCUT2D eigenvalue weighted by atomic mass is 9.88. The van der Waals surface area contributed by atoms with E-state index in [1.54, 1.807) is 0 Å². The Kier molecular flexibility index (Phi) is 4.48. The smallest absolute Gasteiger partial charge is 0.292 e. The van der Waals surface area contributed by atoms with Crippen LogP contribution >= 0.6 is 0 Å². The van der Waals surface area contributed by atoms with Crippen LogP contribution in [0.5, 0.6) is 0 Å². The third kappa shape index (κ3) is 3.70. The zero-order valence-electron chi connectivity index (χ0n) is 11.8. The molecule has 1 fully saturated rings. The summed E-state index contributed by atoms with van der Waals surface area (Å²) >= 11 is 0. The lowest BCUT2D eigenvalue weighted by Crippen LogP contribution is -2.37. The first-order valence-corrected chi connectivity index (χ1v) is 8.34. The second kappa shape index (κ2) is 5.98. The summed E-state index contributed by atoms with van der Waals surface area (Å²) in [6.07, 6.45) is 3.73. The highest BCUT2D eigenvalue weighted by Gasteiger charge is 2.25. The number of nitro groups is 1. The highest BCUT2D eigenvalue weighted by molar-refractivity contribution is 7.89. The number of nitrogens with one attached hydrogen (secondary N) is 1. The molecule has 0 amide bonds. The van der Waals surface area contributed by atoms with E-state index in [9.17, 15) is 18.5 Å². The number of anilines is 1. The van der Waals surface area contributed by atoms with Crippen LogP contribution in [-0.4, -0.2) is 19.4 Å². The predicted molar refractivity (Wildman–Crippen MR) is 79.3 cm³/mol. The summed E-state index contributed by atoms with van der Waals surface area (Å²) < 4.78 is 27.3. The summed E-state index contributed by atoms with van der Waals surface area (Å²) in [6, 6.07) is 3.37. The number of sulfonamides is 1. The number of nitrogens with two attached hydrogens (primary N) is 1. The normalized spacial score (nSPS) is 22.9. The molecule has 1 aromatic carbocycles. The molecule has 2 rings (SSSR count). The van der Waals surface area contributed by atoms with Gasteiger partial charge < -0.3 is 5.73 Å². The van der Waals surface area contributed by atoms with Crippen molar-refractivity contribution in [2.24, 2.45) is 5.92 Å². The fourth-order valence-corrected chi connectivity index (χ4v) is 4.01. The molecule has 0 aliphatic heterocycles. The van der Waals surface area contributed by atoms with E-state index in [-0.39, 0.29) is 22.3 Å². The summed E-state index contributed by atoms with van der Waals surface area (Å²) in [6.45, 7) is 2.10. The molecule has 1 aliphatic carbocycles. The maximum absolute atomic E-state index is 12.3. The first-order valence-electron chi connectivity index (χ1n) is 6.86. The molecule has 1 aromatic rings. The van der Waals surface area contributed by atoms with Gasteiger partial charge in [0.05, 0.1) is 9.82 Å². The first-order chi connectivity index (χ1) is 9.79. The zero-order chi connectivity index (χ0) is 15.6. The molecule has 116 valence electrons. The van der Waals surface area contributed by atoms with E-state index in [1.807, 2.05) is 0 Å². The van der Waals surface area contributed by atoms with Crippen molar-refractivity contribution in [3.05, 3.63) is 28.3 Å². The molecule has 8 heteroatoms. The average Bonchev–Trinajstić information content (AvgIpc) is 2.37. The Morgan fingerprint density at radius 2 is 2.10 bits per heavy atom. The molecule has 0 bridgehead atoms. The van der Waals surface area contributed by atoms with Crippen LogP contribution in [0.15, 0.2) is 23.1 Å². The number of nitrogens with zero attached hydrogens (tertiary/aromatic N) is 1. The summed E-state index contributed by atoms with van der Waals surface area (Å²) in [7, 11) is -3.70. The van der Waals surface area contributed by atoms with Gasteiger partial charge in [-0.05, 0) is 30.9 Å². The van der Waals surface area contributed by atoms with Crippen LogP contribution in [0.1, 0.15) is 32.6 Å². The Bertz CT molecular complexity index is 645. The molecule has 2 atom stereocenters. The SMILES string of the molecule is CC1CCCC(NS(=O)(=O)c2ccc([N+](=O)[O-])c(N)c2)C1. The van der Waals surface area contributed by atoms with E-state index in [1.165, 1.54) is 6.07 Å². The molecule has 0 saturated heterocycles. The lowest BCUT2D eigenvalue weighted by molar-refractivity contribution is -0.383. The number of nitro benzene ring substituents is 1. The number of hydrogen-bond donors (Lipinski definition) is 2. The molecule has 1 saturated carbocycles. The standard InChI is InChI=1S/C13H19N3O4S/c1-9-3-2-4-10(7-9)15-21(19,20)11-5-6-13(16(17)18)12(14)8-11/h5-6,8-10,15H,2-4,7,14H2,1H3. The van der Waals surface area contributed by atoms with Gasteiger partial charge in [0.15, 0.2) is 0 Å². The van der Waals surface area contributed by atoms with E-state index < -0.39 is 14.9 Å². The van der Waals surface area contributed by atoms with Crippen molar-refractivity contribution in [2.75, 3.05) is 5.73 Å². The van der Waals surface area contributed by atoms with Crippen molar-refractivity contribution in [3.63, 3.8) is 0 Å². The van der Waals surface area contributed by atoms with E-state index in [4.69, 9.17) is 5.73 Å². The minimum absolute atomic E-state index is 0.0381. The molecular weight excluding hydrogens is 294 g/mol. The van der Waals surface area contributed by atoms with Crippen molar-refractivity contribution in [1.29, 1.82) is 0 Å². The molecule has 0 radical (unpaired) electrons. The van der Waals surface area contributed by atoms with Gasteiger partial charge in [-0.25, -0.2) is 13.1 Å². The van der Waals surface area contributed by atoms with Gasteiger partial charge in [0.1, 0.15) is 5.69 Å². The number of rotatable bonds is 4. The van der Waals surface area contributed by atoms with E-state index in [2.05, 4.69) is 11.6 Å². The van der Waals surface area contributed by atoms with Gasteiger partial charge in [-0.2, -0.15) is 0 Å². The Morgan fingerprint density at radius 1 is 1.38 bits per heavy atom. The van der Waals surface area contributed by atoms with Crippen LogP contribution in [0.2, 0.25) is 0 Å². The second-order valence-corrected chi connectivity index (χ2v) is 7.28. The van der Waals surface area contributed by atoms with Gasteiger partial charge in [-0.15, -0.1) is 0 Å². The maximum Gasteiger partial charge on any atom is 0.292 e. The topological polar surface area (TPSA) is 115 Å². The van der Waals surface area contributed by atoms with Gasteiger partial charge in [0.2, 0.25) is 10.0 Å². The maximum atomic E-state index is 12.3. The molecule has 0 aromatic heterocycles. The van der Waals surface area contributed by atoms with Crippen molar-refractivity contribution in [2.45, 2.75) is 43.5 Å². The van der Waals surface area contributed by atoms with Crippen LogP contribution in [-0.2, 0) is 10.0 Å². The molecule has 2 unspecified atom stereocenters. The van der Waals surface area contributed by atoms with Crippen LogP contribution in [0.4, 0.5) is 11.4 Å². The monoisotopic (exact) mass is 313 g/mol. The van der Waals surface area contributed by atoms with Gasteiger partial charge in [-0.1, -0.05) is 19.8 Å². The largest absolute Gasteiger partial charge is 0.393 e. The third-order valence-electron chi connectivity index (χ3n) is 3.76. The van der Waals surface area contributed by atoms with Gasteiger partial charge >= 0.3 is 0 Å². The summed E-state index contributed by atoms with van der Waals surface area (Å²) in [5.74, 6) is 0.494. The summed E-state index contributed by atoms with van der Waals surface area (Å²) in [5, 5.41) is 10.7. The van der Waals surface area contributed by atoms with Gasteiger partial charge in [0, 0.05) is 12.1 Å². The zero-order valence-corrected chi connectivity index (χ0v) is 12.6. The number of benzene rings is 1. The van der Waals surface area contributed by atoms with Crippen molar-refractivity contribution >= 4 is 21.4 Å². The minimum Gasteiger partial charge on any atom is -0.393 e. The molecule has 0 heterocycles. The highest BCUT2D eigenvalue weighted by atomic mass is 32.2. The molecule has 3 N–H and O–H groups in total. The summed E-state index contributed by atoms with van der Waals surface area (Å²) in [4.78, 5) is 10.0. The molecule has 1 aliphatic rings. The van der Waals surface area contributed by atoms with E-state index in [0.29, 0.717) is 5.92 Å². The highest BCUT2D eigenvalue weighted by Crippen LogP contribution is 2.27. The first kappa shape index (κ1) is 15.7. The molecular formula is C13H19N3O4S. The van der Waals surface area contributed by atoms with E-state index in [0.717, 1.165) is 37.8 Å². The quantitative estimate of drug-likeness (QED) is 0.501. The number of hydrogen-bond acceptors (Lipinski definition) is 5. The third-order valence-corrected chi connectivity index (χ3v) is 5.28. The molecule has 0 spiro atoms. The van der Waals surface area contributed by atoms with Crippen LogP contribution in [0, 0.1) is 16.0 Å². The van der Waals surface area contributed by atoms with Crippen molar-refractivity contribution < 1.29 is 13.3 Å². The van der Waals surface area contributed by atoms with Crippen LogP contribution in [0.3, 0.4) is 0 Å². The Labute approximate surface area is 123 Å².